The third kappa shape index (κ3) is 3.38. The number of cyclic esters (lactones) is 1. The molecule has 0 radical (unpaired) electrons. The average molecular weight is 473 g/mol. The average Bonchev–Trinajstić information content (AvgIpc) is 3.19. The van der Waals surface area contributed by atoms with Crippen LogP contribution in [0.15, 0.2) is 41.0 Å². The highest BCUT2D eigenvalue weighted by Crippen LogP contribution is 2.44. The second-order valence-corrected chi connectivity index (χ2v) is 8.30. The lowest BCUT2D eigenvalue weighted by Gasteiger charge is -2.02. The number of methoxy groups -OCH3 is 1. The molecule has 0 spiro atoms. The fourth-order valence-electron chi connectivity index (χ4n) is 2.64. The van der Waals surface area contributed by atoms with Gasteiger partial charge in [-0.05, 0) is 35.9 Å². The molecule has 1 aliphatic rings. The Labute approximate surface area is 183 Å². The van der Waals surface area contributed by atoms with Gasteiger partial charge in [-0.15, -0.1) is 11.3 Å². The number of rotatable bonds is 3. The van der Waals surface area contributed by atoms with Crippen molar-refractivity contribution in [3.8, 4) is 5.75 Å². The summed E-state index contributed by atoms with van der Waals surface area (Å²) in [5.41, 5.74) is 0.798. The van der Waals surface area contributed by atoms with Gasteiger partial charge in [-0.3, -0.25) is 0 Å². The van der Waals surface area contributed by atoms with E-state index in [9.17, 15) is 4.79 Å². The SMILES string of the molecule is COc1ccc2c(Cl)c(C3=N/C(=C\c4ccc(Cl)c(Cl)c4)C(=O)O3)sc2c1Cl. The molecule has 0 atom stereocenters. The van der Waals surface area contributed by atoms with Crippen molar-refractivity contribution in [2.24, 2.45) is 4.99 Å². The molecular formula is C19H9Cl4NO3S. The van der Waals surface area contributed by atoms with Gasteiger partial charge in [0.2, 0.25) is 5.90 Å². The fraction of sp³-hybridized carbons (Fsp3) is 0.0526. The van der Waals surface area contributed by atoms with Crippen LogP contribution in [0.4, 0.5) is 0 Å². The minimum absolute atomic E-state index is 0.123. The molecule has 4 rings (SSSR count). The topological polar surface area (TPSA) is 47.9 Å². The highest BCUT2D eigenvalue weighted by molar-refractivity contribution is 7.22. The zero-order chi connectivity index (χ0) is 20.0. The first-order valence-electron chi connectivity index (χ1n) is 7.81. The van der Waals surface area contributed by atoms with Gasteiger partial charge in [0.05, 0.1) is 26.9 Å². The number of halogens is 4. The smallest absolute Gasteiger partial charge is 0.363 e. The Hall–Kier alpha value is -1.76. The van der Waals surface area contributed by atoms with Crippen LogP contribution in [-0.4, -0.2) is 19.0 Å². The van der Waals surface area contributed by atoms with E-state index >= 15 is 0 Å². The second-order valence-electron chi connectivity index (χ2n) is 5.71. The zero-order valence-corrected chi connectivity index (χ0v) is 17.9. The Morgan fingerprint density at radius 2 is 1.86 bits per heavy atom. The van der Waals surface area contributed by atoms with Crippen molar-refractivity contribution >= 4 is 85.8 Å². The monoisotopic (exact) mass is 471 g/mol. The summed E-state index contributed by atoms with van der Waals surface area (Å²) in [6.07, 6.45) is 1.56. The quantitative estimate of drug-likeness (QED) is 0.308. The fourth-order valence-corrected chi connectivity index (χ4v) is 4.76. The Morgan fingerprint density at radius 1 is 1.07 bits per heavy atom. The summed E-state index contributed by atoms with van der Waals surface area (Å²) in [5, 5.41) is 2.38. The summed E-state index contributed by atoms with van der Waals surface area (Å²) < 4.78 is 11.3. The molecule has 0 aliphatic carbocycles. The van der Waals surface area contributed by atoms with E-state index in [4.69, 9.17) is 55.9 Å². The van der Waals surface area contributed by atoms with Crippen molar-refractivity contribution < 1.29 is 14.3 Å². The molecule has 0 unspecified atom stereocenters. The number of esters is 1. The van der Waals surface area contributed by atoms with E-state index < -0.39 is 5.97 Å². The number of fused-ring (bicyclic) bond motifs is 1. The third-order valence-corrected chi connectivity index (χ3v) is 6.93. The minimum atomic E-state index is -0.585. The molecule has 0 amide bonds. The van der Waals surface area contributed by atoms with E-state index in [1.807, 2.05) is 0 Å². The van der Waals surface area contributed by atoms with Crippen LogP contribution in [0, 0.1) is 0 Å². The molecule has 9 heteroatoms. The summed E-state index contributed by atoms with van der Waals surface area (Å²) in [6, 6.07) is 8.52. The van der Waals surface area contributed by atoms with Gasteiger partial charge in [0, 0.05) is 5.39 Å². The van der Waals surface area contributed by atoms with Crippen LogP contribution in [0.5, 0.6) is 5.75 Å². The van der Waals surface area contributed by atoms with Crippen molar-refractivity contribution in [2.45, 2.75) is 0 Å². The summed E-state index contributed by atoms with van der Waals surface area (Å²) in [5.74, 6) is 0.0695. The molecule has 0 fully saturated rings. The normalized spacial score (nSPS) is 15.2. The number of thiophene rings is 1. The Kier molecular flexibility index (Phi) is 5.29. The van der Waals surface area contributed by atoms with Crippen LogP contribution in [0.25, 0.3) is 16.2 Å². The first-order chi connectivity index (χ1) is 13.4. The number of nitrogens with zero attached hydrogens (tertiary/aromatic N) is 1. The van der Waals surface area contributed by atoms with Crippen molar-refractivity contribution in [2.75, 3.05) is 7.11 Å². The number of hydrogen-bond acceptors (Lipinski definition) is 5. The molecule has 0 bridgehead atoms. The van der Waals surface area contributed by atoms with E-state index in [-0.39, 0.29) is 11.6 Å². The predicted molar refractivity (Wildman–Crippen MR) is 115 cm³/mol. The van der Waals surface area contributed by atoms with Crippen molar-refractivity contribution in [3.05, 3.63) is 66.6 Å². The van der Waals surface area contributed by atoms with Gasteiger partial charge in [-0.25, -0.2) is 9.79 Å². The largest absolute Gasteiger partial charge is 0.495 e. The number of hydrogen-bond donors (Lipinski definition) is 0. The number of aliphatic imine (C=N–C) groups is 1. The molecule has 0 N–H and O–H groups in total. The zero-order valence-electron chi connectivity index (χ0n) is 14.1. The first kappa shape index (κ1) is 19.6. The minimum Gasteiger partial charge on any atom is -0.495 e. The summed E-state index contributed by atoms with van der Waals surface area (Å²) in [7, 11) is 1.53. The maximum Gasteiger partial charge on any atom is 0.363 e. The van der Waals surface area contributed by atoms with Gasteiger partial charge < -0.3 is 9.47 Å². The maximum absolute atomic E-state index is 12.3. The van der Waals surface area contributed by atoms with Gasteiger partial charge in [0.1, 0.15) is 15.6 Å². The Morgan fingerprint density at radius 3 is 2.57 bits per heavy atom. The highest BCUT2D eigenvalue weighted by atomic mass is 35.5. The van der Waals surface area contributed by atoms with Crippen molar-refractivity contribution in [1.82, 2.24) is 0 Å². The van der Waals surface area contributed by atoms with E-state index in [0.717, 1.165) is 10.1 Å². The predicted octanol–water partition coefficient (Wildman–Crippen LogP) is 6.87. The standard InChI is InChI=1S/C19H9Cl4NO3S/c1-26-13-5-3-9-14(22)17(28-16(9)15(13)23)18-24-12(19(25)27-18)7-8-2-4-10(20)11(21)6-8/h2-7H,1H3/b12-7-. The van der Waals surface area contributed by atoms with Crippen LogP contribution in [0.1, 0.15) is 10.4 Å². The van der Waals surface area contributed by atoms with Crippen LogP contribution in [-0.2, 0) is 9.53 Å². The van der Waals surface area contributed by atoms with E-state index in [0.29, 0.717) is 36.3 Å². The molecule has 4 nitrogen and oxygen atoms in total. The van der Waals surface area contributed by atoms with Crippen LogP contribution in [0.2, 0.25) is 20.1 Å². The van der Waals surface area contributed by atoms with E-state index in [1.165, 1.54) is 18.4 Å². The molecule has 0 saturated carbocycles. The summed E-state index contributed by atoms with van der Waals surface area (Å²) >= 11 is 26.1. The molecular weight excluding hydrogens is 464 g/mol. The lowest BCUT2D eigenvalue weighted by molar-refractivity contribution is -0.129. The lowest BCUT2D eigenvalue weighted by Crippen LogP contribution is -2.04. The highest BCUT2D eigenvalue weighted by Gasteiger charge is 2.28. The van der Waals surface area contributed by atoms with Gasteiger partial charge in [0.25, 0.3) is 0 Å². The second kappa shape index (κ2) is 7.58. The van der Waals surface area contributed by atoms with Crippen molar-refractivity contribution in [1.29, 1.82) is 0 Å². The van der Waals surface area contributed by atoms with Gasteiger partial charge in [-0.2, -0.15) is 0 Å². The molecule has 1 aromatic heterocycles. The first-order valence-corrected chi connectivity index (χ1v) is 10.1. The van der Waals surface area contributed by atoms with Crippen LogP contribution in [0.3, 0.4) is 0 Å². The maximum atomic E-state index is 12.3. The van der Waals surface area contributed by atoms with E-state index in [1.54, 1.807) is 36.4 Å². The molecule has 1 aliphatic heterocycles. The van der Waals surface area contributed by atoms with E-state index in [2.05, 4.69) is 4.99 Å². The molecule has 3 aromatic rings. The van der Waals surface area contributed by atoms with Gasteiger partial charge in [-0.1, -0.05) is 52.5 Å². The third-order valence-electron chi connectivity index (χ3n) is 3.98. The Balaban J connectivity index is 1.77. The lowest BCUT2D eigenvalue weighted by atomic mass is 10.2. The Bertz CT molecular complexity index is 1200. The molecule has 2 aromatic carbocycles. The summed E-state index contributed by atoms with van der Waals surface area (Å²) in [4.78, 5) is 17.1. The van der Waals surface area contributed by atoms with Crippen molar-refractivity contribution in [3.63, 3.8) is 0 Å². The molecule has 142 valence electrons. The molecule has 0 saturated heterocycles. The molecule has 28 heavy (non-hydrogen) atoms. The van der Waals surface area contributed by atoms with Gasteiger partial charge >= 0.3 is 5.97 Å². The number of benzene rings is 2. The van der Waals surface area contributed by atoms with Crippen LogP contribution >= 0.6 is 57.7 Å². The van der Waals surface area contributed by atoms with Crippen LogP contribution < -0.4 is 4.74 Å². The summed E-state index contributed by atoms with van der Waals surface area (Å²) in [6.45, 7) is 0. The van der Waals surface area contributed by atoms with Gasteiger partial charge in [0.15, 0.2) is 5.70 Å². The number of ether oxygens (including phenoxy) is 2. The number of carbonyl (C=O) groups excluding carboxylic acids is 1. The number of carbonyl (C=O) groups is 1. The molecule has 2 heterocycles.